The van der Waals surface area contributed by atoms with Gasteiger partial charge >= 0.3 is 6.18 Å². The van der Waals surface area contributed by atoms with Crippen LogP contribution in [0, 0.1) is 19.7 Å². The average molecular weight is 502 g/mol. The molecule has 2 aromatic heterocycles. The minimum absolute atomic E-state index is 0.140. The van der Waals surface area contributed by atoms with E-state index < -0.39 is 35.9 Å². The Bertz CT molecular complexity index is 1530. The molecule has 2 N–H and O–H groups in total. The highest BCUT2D eigenvalue weighted by atomic mass is 19.4. The molecule has 12 heteroatoms. The van der Waals surface area contributed by atoms with Gasteiger partial charge < -0.3 is 5.73 Å². The molecule has 2 amide bonds. The van der Waals surface area contributed by atoms with Crippen molar-refractivity contribution in [3.8, 4) is 0 Å². The van der Waals surface area contributed by atoms with Gasteiger partial charge in [0.2, 0.25) is 5.91 Å². The van der Waals surface area contributed by atoms with Gasteiger partial charge in [0.05, 0.1) is 28.8 Å². The highest BCUT2D eigenvalue weighted by Crippen LogP contribution is 2.31. The largest absolute Gasteiger partial charge is 0.416 e. The van der Waals surface area contributed by atoms with E-state index in [1.165, 1.54) is 20.0 Å². The van der Waals surface area contributed by atoms with Crippen LogP contribution in [0.5, 0.6) is 0 Å². The molecule has 0 fully saturated rings. The number of rotatable bonds is 3. The lowest BCUT2D eigenvalue weighted by Gasteiger charge is -2.31. The minimum atomic E-state index is -4.72. The number of aryl methyl sites for hydroxylation is 2. The first-order valence-electron chi connectivity index (χ1n) is 10.8. The molecule has 0 saturated carbocycles. The van der Waals surface area contributed by atoms with Crippen LogP contribution in [0.4, 0.5) is 23.4 Å². The average Bonchev–Trinajstić information content (AvgIpc) is 3.11. The smallest absolute Gasteiger partial charge is 0.382 e. The number of amides is 2. The van der Waals surface area contributed by atoms with E-state index in [2.05, 4.69) is 9.97 Å². The van der Waals surface area contributed by atoms with Crippen molar-refractivity contribution in [1.29, 1.82) is 0 Å². The van der Waals surface area contributed by atoms with E-state index in [0.717, 1.165) is 22.2 Å². The van der Waals surface area contributed by atoms with Crippen molar-refractivity contribution >= 4 is 34.2 Å². The van der Waals surface area contributed by atoms with Gasteiger partial charge in [0.15, 0.2) is 0 Å². The molecule has 4 rings (SSSR count). The standard InChI is InChI=1S/C24H22F4N6O2/c1-12-21-22(29)31-19-8-6-15(9-20(19)34(21)13(2)30-12)23(36)33(32(4)14(3)35)11-16-5-7-17(10-18(16)25)24(26,27)28/h5-10H,11H2,1-4H3,(H2,29,31). The third-order valence-corrected chi connectivity index (χ3v) is 5.92. The molecule has 0 atom stereocenters. The Hall–Kier alpha value is -4.22. The molecule has 4 aromatic rings. The van der Waals surface area contributed by atoms with Gasteiger partial charge in [-0.15, -0.1) is 0 Å². The van der Waals surface area contributed by atoms with Gasteiger partial charge in [-0.25, -0.2) is 19.4 Å². The number of carbonyl (C=O) groups is 2. The van der Waals surface area contributed by atoms with Crippen molar-refractivity contribution in [1.82, 2.24) is 24.4 Å². The van der Waals surface area contributed by atoms with Crippen molar-refractivity contribution in [2.24, 2.45) is 0 Å². The zero-order valence-corrected chi connectivity index (χ0v) is 19.8. The third kappa shape index (κ3) is 4.30. The van der Waals surface area contributed by atoms with Crippen molar-refractivity contribution in [3.05, 3.63) is 70.4 Å². The maximum absolute atomic E-state index is 14.6. The van der Waals surface area contributed by atoms with E-state index in [4.69, 9.17) is 5.73 Å². The van der Waals surface area contributed by atoms with Crippen molar-refractivity contribution < 1.29 is 27.2 Å². The summed E-state index contributed by atoms with van der Waals surface area (Å²) < 4.78 is 55.1. The number of hydrazine groups is 1. The number of alkyl halides is 3. The number of aromatic nitrogens is 3. The van der Waals surface area contributed by atoms with E-state index in [-0.39, 0.29) is 16.9 Å². The molecular formula is C24H22F4N6O2. The summed E-state index contributed by atoms with van der Waals surface area (Å²) in [7, 11) is 1.31. The molecule has 0 saturated heterocycles. The summed E-state index contributed by atoms with van der Waals surface area (Å²) in [6.07, 6.45) is -4.72. The summed E-state index contributed by atoms with van der Waals surface area (Å²) in [5, 5.41) is 1.94. The van der Waals surface area contributed by atoms with Gasteiger partial charge in [-0.2, -0.15) is 13.2 Å². The number of fused-ring (bicyclic) bond motifs is 3. The van der Waals surface area contributed by atoms with Crippen LogP contribution < -0.4 is 5.73 Å². The first-order valence-corrected chi connectivity index (χ1v) is 10.8. The number of nitrogens with zero attached hydrogens (tertiary/aromatic N) is 5. The Morgan fingerprint density at radius 2 is 1.78 bits per heavy atom. The fourth-order valence-corrected chi connectivity index (χ4v) is 4.02. The Morgan fingerprint density at radius 1 is 1.08 bits per heavy atom. The summed E-state index contributed by atoms with van der Waals surface area (Å²) in [4.78, 5) is 34.4. The topological polar surface area (TPSA) is 96.8 Å². The van der Waals surface area contributed by atoms with Crippen LogP contribution >= 0.6 is 0 Å². The molecule has 2 aromatic carbocycles. The monoisotopic (exact) mass is 502 g/mol. The number of halogens is 4. The summed E-state index contributed by atoms with van der Waals surface area (Å²) >= 11 is 0. The molecule has 0 aliphatic heterocycles. The van der Waals surface area contributed by atoms with Crippen molar-refractivity contribution in [2.45, 2.75) is 33.5 Å². The second-order valence-electron chi connectivity index (χ2n) is 8.34. The van der Waals surface area contributed by atoms with Gasteiger partial charge in [-0.05, 0) is 44.2 Å². The number of hydrogen-bond donors (Lipinski definition) is 1. The quantitative estimate of drug-likeness (QED) is 0.333. The zero-order valence-electron chi connectivity index (χ0n) is 19.8. The van der Waals surface area contributed by atoms with Crippen molar-refractivity contribution in [2.75, 3.05) is 12.8 Å². The lowest BCUT2D eigenvalue weighted by atomic mass is 10.1. The van der Waals surface area contributed by atoms with Gasteiger partial charge in [0, 0.05) is 25.1 Å². The minimum Gasteiger partial charge on any atom is -0.382 e. The number of hydrogen-bond acceptors (Lipinski definition) is 5. The second-order valence-corrected chi connectivity index (χ2v) is 8.34. The van der Waals surface area contributed by atoms with Crippen LogP contribution in [0.1, 0.15) is 39.9 Å². The van der Waals surface area contributed by atoms with Gasteiger partial charge in [0.25, 0.3) is 5.91 Å². The predicted molar refractivity (Wildman–Crippen MR) is 124 cm³/mol. The maximum atomic E-state index is 14.6. The summed E-state index contributed by atoms with van der Waals surface area (Å²) in [5.74, 6) is -1.46. The molecule has 36 heavy (non-hydrogen) atoms. The molecule has 0 spiro atoms. The first-order chi connectivity index (χ1) is 16.8. The molecule has 188 valence electrons. The molecule has 0 unspecified atom stereocenters. The number of nitrogen functional groups attached to an aromatic ring is 1. The number of benzene rings is 2. The summed E-state index contributed by atoms with van der Waals surface area (Å²) in [5.41, 5.74) is 7.17. The Morgan fingerprint density at radius 3 is 2.39 bits per heavy atom. The normalized spacial score (nSPS) is 11.8. The molecule has 8 nitrogen and oxygen atoms in total. The van der Waals surface area contributed by atoms with Crippen LogP contribution in [0.3, 0.4) is 0 Å². The molecule has 2 heterocycles. The molecule has 0 bridgehead atoms. The van der Waals surface area contributed by atoms with E-state index >= 15 is 0 Å². The third-order valence-electron chi connectivity index (χ3n) is 5.92. The summed E-state index contributed by atoms with van der Waals surface area (Å²) in [6, 6.07) is 6.64. The number of imidazole rings is 1. The van der Waals surface area contributed by atoms with Crippen LogP contribution in [0.25, 0.3) is 16.6 Å². The van der Waals surface area contributed by atoms with Crippen LogP contribution in [-0.2, 0) is 17.5 Å². The predicted octanol–water partition coefficient (Wildman–Crippen LogP) is 4.28. The number of nitrogens with two attached hydrogens (primary N) is 1. The van der Waals surface area contributed by atoms with Gasteiger partial charge in [-0.3, -0.25) is 19.0 Å². The highest BCUT2D eigenvalue weighted by molar-refractivity contribution is 5.99. The van der Waals surface area contributed by atoms with Crippen LogP contribution in [0.15, 0.2) is 36.4 Å². The van der Waals surface area contributed by atoms with Gasteiger partial charge in [0.1, 0.15) is 23.0 Å². The van der Waals surface area contributed by atoms with E-state index in [9.17, 15) is 27.2 Å². The second kappa shape index (κ2) is 8.77. The number of carbonyl (C=O) groups excluding carboxylic acids is 2. The number of anilines is 1. The SMILES string of the molecule is CC(=O)N(C)N(Cc1ccc(C(F)(F)F)cc1F)C(=O)c1ccc2nc(N)c3c(C)nc(C)n3c2c1. The fourth-order valence-electron chi connectivity index (χ4n) is 4.02. The Balaban J connectivity index is 1.79. The van der Waals surface area contributed by atoms with E-state index in [1.807, 2.05) is 0 Å². The lowest BCUT2D eigenvalue weighted by Crippen LogP contribution is -2.46. The molecule has 0 aliphatic rings. The van der Waals surface area contributed by atoms with Gasteiger partial charge in [-0.1, -0.05) is 6.07 Å². The molecule has 0 aliphatic carbocycles. The highest BCUT2D eigenvalue weighted by Gasteiger charge is 2.32. The summed E-state index contributed by atoms with van der Waals surface area (Å²) in [6.45, 7) is 4.28. The maximum Gasteiger partial charge on any atom is 0.416 e. The Labute approximate surface area is 202 Å². The first kappa shape index (κ1) is 24.9. The van der Waals surface area contributed by atoms with Crippen LogP contribution in [0.2, 0.25) is 0 Å². The van der Waals surface area contributed by atoms with Crippen LogP contribution in [-0.4, -0.2) is 43.2 Å². The van der Waals surface area contributed by atoms with Crippen molar-refractivity contribution in [3.63, 3.8) is 0 Å². The fraction of sp³-hybridized carbons (Fsp3) is 0.250. The molecular weight excluding hydrogens is 480 g/mol. The zero-order chi connectivity index (χ0) is 26.5. The van der Waals surface area contributed by atoms with E-state index in [0.29, 0.717) is 34.1 Å². The van der Waals surface area contributed by atoms with E-state index in [1.54, 1.807) is 30.4 Å². The molecule has 0 radical (unpaired) electrons. The lowest BCUT2D eigenvalue weighted by molar-refractivity contribution is -0.140. The Kier molecular flexibility index (Phi) is 6.07.